The summed E-state index contributed by atoms with van der Waals surface area (Å²) in [5.74, 6) is 0. The van der Waals surface area contributed by atoms with Crippen LogP contribution in [-0.4, -0.2) is 16.3 Å². The number of nitrogens with zero attached hydrogens (tertiary/aromatic N) is 4. The Labute approximate surface area is 648 Å². The van der Waals surface area contributed by atoms with Crippen LogP contribution in [0.5, 0.6) is 0 Å². The Morgan fingerprint density at radius 2 is 0.708 bits per heavy atom. The lowest BCUT2D eigenvalue weighted by molar-refractivity contribution is 0.532. The summed E-state index contributed by atoms with van der Waals surface area (Å²) in [7, 11) is 0. The van der Waals surface area contributed by atoms with Gasteiger partial charge in [0.1, 0.15) is 0 Å². The minimum atomic E-state index is -0.738. The van der Waals surface area contributed by atoms with Gasteiger partial charge in [0, 0.05) is 83.6 Å². The summed E-state index contributed by atoms with van der Waals surface area (Å²) in [5.41, 5.74) is 20.2. The smallest absolute Gasteiger partial charge is 0.252 e. The van der Waals surface area contributed by atoms with Crippen molar-refractivity contribution in [3.63, 3.8) is 0 Å². The van der Waals surface area contributed by atoms with Crippen LogP contribution in [0.15, 0.2) is 273 Å². The van der Waals surface area contributed by atoms with Crippen molar-refractivity contribution in [1.29, 1.82) is 0 Å². The second-order valence-corrected chi connectivity index (χ2v) is 35.2. The zero-order valence-corrected chi connectivity index (χ0v) is 64.3. The Balaban J connectivity index is 1.20. The lowest BCUT2D eigenvalue weighted by Crippen LogP contribution is -2.61. The summed E-state index contributed by atoms with van der Waals surface area (Å²) >= 11 is 0. The Bertz CT molecular complexity index is 6390. The molecule has 4 heterocycles. The predicted octanol–water partition coefficient (Wildman–Crippen LogP) is 26.0. The minimum Gasteiger partial charge on any atom is -0.310 e. The number of pyridine rings is 1. The van der Waals surface area contributed by atoms with E-state index in [9.17, 15) is 16.4 Å². The zero-order chi connectivity index (χ0) is 85.6. The molecule has 0 atom stereocenters. The van der Waals surface area contributed by atoms with E-state index in [1.807, 2.05) is 42.5 Å². The molecule has 4 nitrogen and oxygen atoms in total. The van der Waals surface area contributed by atoms with Crippen LogP contribution in [0.4, 0.5) is 34.1 Å². The molecule has 526 valence electrons. The number of rotatable bonds is 9. The van der Waals surface area contributed by atoms with E-state index in [0.29, 0.717) is 22.6 Å². The van der Waals surface area contributed by atoms with Gasteiger partial charge in [-0.2, -0.15) is 0 Å². The monoisotopic (exact) mass is 1390 g/mol. The predicted molar refractivity (Wildman–Crippen MR) is 457 cm³/mol. The average molecular weight is 1390 g/mol. The first-order valence-corrected chi connectivity index (χ1v) is 37.1. The molecular weight excluding hydrogens is 1280 g/mol. The molecule has 0 amide bonds. The topological polar surface area (TPSA) is 24.3 Å². The first-order valence-electron chi connectivity index (χ1n) is 43.6. The van der Waals surface area contributed by atoms with Crippen molar-refractivity contribution in [1.82, 2.24) is 9.55 Å². The van der Waals surface area contributed by atoms with E-state index in [2.05, 4.69) is 286 Å². The zero-order valence-electron chi connectivity index (χ0n) is 77.3. The number of hydrogen-bond donors (Lipinski definition) is 0. The normalized spacial score (nSPS) is 15.0. The second-order valence-electron chi connectivity index (χ2n) is 35.2. The van der Waals surface area contributed by atoms with Crippen LogP contribution in [0.3, 0.4) is 0 Å². The van der Waals surface area contributed by atoms with Crippen LogP contribution in [0.2, 0.25) is 0 Å². The highest BCUT2D eigenvalue weighted by atomic mass is 15.2. The molecule has 16 rings (SSSR count). The quantitative estimate of drug-likeness (QED) is 0.135. The van der Waals surface area contributed by atoms with Gasteiger partial charge >= 0.3 is 0 Å². The van der Waals surface area contributed by atoms with E-state index >= 15 is 0 Å². The largest absolute Gasteiger partial charge is 0.310 e. The molecule has 2 aromatic heterocycles. The van der Waals surface area contributed by atoms with E-state index in [-0.39, 0.29) is 61.1 Å². The highest BCUT2D eigenvalue weighted by molar-refractivity contribution is 7.00. The molecule has 0 saturated heterocycles. The average Bonchev–Trinajstić information content (AvgIpc) is 1.18. The van der Waals surface area contributed by atoms with Crippen LogP contribution in [0.25, 0.3) is 94.3 Å². The van der Waals surface area contributed by atoms with Gasteiger partial charge in [-0.15, -0.1) is 0 Å². The van der Waals surface area contributed by atoms with Crippen LogP contribution in [0, 0.1) is 0 Å². The Kier molecular flexibility index (Phi) is 13.4. The van der Waals surface area contributed by atoms with E-state index in [0.717, 1.165) is 128 Å². The highest BCUT2D eigenvalue weighted by Gasteiger charge is 2.47. The molecule has 5 heteroatoms. The van der Waals surface area contributed by atoms with Gasteiger partial charge in [0.15, 0.2) is 0 Å². The van der Waals surface area contributed by atoms with Crippen molar-refractivity contribution in [2.24, 2.45) is 0 Å². The molecule has 0 N–H and O–H groups in total. The summed E-state index contributed by atoms with van der Waals surface area (Å²) < 4.78 is 125. The van der Waals surface area contributed by atoms with Crippen molar-refractivity contribution in [3.8, 4) is 72.4 Å². The van der Waals surface area contributed by atoms with Crippen molar-refractivity contribution < 1.29 is 17.8 Å². The first kappa shape index (κ1) is 55.7. The summed E-state index contributed by atoms with van der Waals surface area (Å²) in [6, 6.07) is 62.7. The van der Waals surface area contributed by atoms with Crippen molar-refractivity contribution in [2.45, 2.75) is 157 Å². The molecule has 14 aromatic rings. The van der Waals surface area contributed by atoms with E-state index in [1.54, 1.807) is 4.57 Å². The maximum atomic E-state index is 9.99. The van der Waals surface area contributed by atoms with Gasteiger partial charge in [-0.1, -0.05) is 325 Å². The van der Waals surface area contributed by atoms with Gasteiger partial charge < -0.3 is 14.4 Å². The maximum absolute atomic E-state index is 9.99. The Hall–Kier alpha value is -10.7. The molecule has 0 saturated carbocycles. The van der Waals surface area contributed by atoms with Crippen LogP contribution >= 0.6 is 0 Å². The molecule has 106 heavy (non-hydrogen) atoms. The maximum Gasteiger partial charge on any atom is 0.252 e. The molecule has 2 aliphatic rings. The molecule has 0 aliphatic carbocycles. The third kappa shape index (κ3) is 12.3. The number of fused-ring (bicyclic) bond motifs is 7. The van der Waals surface area contributed by atoms with E-state index in [4.69, 9.17) is 6.35 Å². The van der Waals surface area contributed by atoms with Crippen molar-refractivity contribution in [2.75, 3.05) is 9.80 Å². The lowest BCUT2D eigenvalue weighted by atomic mass is 9.33. The van der Waals surface area contributed by atoms with Gasteiger partial charge in [0.05, 0.1) is 45.9 Å². The first-order chi connectivity index (χ1) is 55.8. The molecular formula is C101H99BN4. The van der Waals surface area contributed by atoms with Gasteiger partial charge in [-0.05, 0) is 172 Å². The standard InChI is InChI=1S/C101H99BN4/c1-96(2,3)71-53-69(54-72(58-71)97(4,5)6)70-56-89-92-90(57-70)106(94-81(67-41-29-22-30-42-67)61-74(99(10,11)12)62-82(94)78-49-52-91(100(13,14)15)103-95(78)101(16,17)18)88-63-75(104-85-45-33-31-43-76(85)77-44-32-34-46-86(77)104)48-51-84(88)102(92)83-50-47-68(64-35-23-19-24-36-64)55-87(83)105(89)93-79(65-37-25-20-26-38-65)59-73(98(7,8)9)60-80(93)66-39-27-21-28-40-66/h19-63H,1-18H3/i19D,23D,24D,31D,32D,33D,34D,35D,36D,43D,44D,45D,46D. The summed E-state index contributed by atoms with van der Waals surface area (Å²) in [6.45, 7) is 39.4. The number of hydrogen-bond acceptors (Lipinski definition) is 3. The number of aromatic nitrogens is 2. The molecule has 0 radical (unpaired) electrons. The number of para-hydroxylation sites is 2. The molecule has 0 spiro atoms. The van der Waals surface area contributed by atoms with Crippen molar-refractivity contribution >= 4 is 79.0 Å². The van der Waals surface area contributed by atoms with Gasteiger partial charge in [0.25, 0.3) is 6.71 Å². The van der Waals surface area contributed by atoms with Crippen LogP contribution < -0.4 is 26.2 Å². The second kappa shape index (κ2) is 25.5. The van der Waals surface area contributed by atoms with E-state index < -0.39 is 84.0 Å². The molecule has 0 bridgehead atoms. The summed E-state index contributed by atoms with van der Waals surface area (Å²) in [6.07, 6.45) is 0. The van der Waals surface area contributed by atoms with Gasteiger partial charge in [0.2, 0.25) is 0 Å². The van der Waals surface area contributed by atoms with Crippen molar-refractivity contribution in [3.05, 3.63) is 306 Å². The number of benzene rings is 12. The number of anilines is 6. The van der Waals surface area contributed by atoms with Gasteiger partial charge in [-0.25, -0.2) is 0 Å². The SMILES string of the molecule is [2H]c1c([2H])c([2H])c(-c2ccc3c(c2)N(c2c(-c4ccccc4)cc(C(C)(C)C)cc2-c2ccccc2)c2cc(-c4cc(C(C)(C)C)cc(C(C)(C)C)c4)cc4c2B3c2ccc(-n3c5c([2H])c([2H])c([2H])c([2H])c5c5c([2H])c([2H])c([2H])c([2H])c53)cc2N4c2c(-c3ccccc3)cc(C(C)(C)C)cc2-c2ccc(C(C)(C)C)nc2C(C)(C)C)c([2H])c1[2H]. The molecule has 2 aliphatic heterocycles. The summed E-state index contributed by atoms with van der Waals surface area (Å²) in [4.78, 5) is 10.6. The lowest BCUT2D eigenvalue weighted by Gasteiger charge is -2.46. The highest BCUT2D eigenvalue weighted by Crippen LogP contribution is 2.57. The fraction of sp³-hybridized carbons (Fsp3) is 0.238. The fourth-order valence-corrected chi connectivity index (χ4v) is 15.7. The molecule has 0 fully saturated rings. The third-order valence-electron chi connectivity index (χ3n) is 21.5. The Morgan fingerprint density at radius 1 is 0.302 bits per heavy atom. The fourth-order valence-electron chi connectivity index (χ4n) is 15.7. The molecule has 12 aromatic carbocycles. The van der Waals surface area contributed by atoms with Crippen LogP contribution in [0.1, 0.15) is 176 Å². The summed E-state index contributed by atoms with van der Waals surface area (Å²) in [5, 5.41) is -0.105. The Morgan fingerprint density at radius 3 is 1.17 bits per heavy atom. The molecule has 0 unspecified atom stereocenters. The minimum absolute atomic E-state index is 0.0292. The van der Waals surface area contributed by atoms with E-state index in [1.165, 1.54) is 0 Å². The van der Waals surface area contributed by atoms with Crippen LogP contribution in [-0.2, 0) is 32.5 Å². The van der Waals surface area contributed by atoms with Gasteiger partial charge in [-0.3, -0.25) is 4.98 Å². The third-order valence-corrected chi connectivity index (χ3v) is 21.5.